The zero-order valence-electron chi connectivity index (χ0n) is 56.0. The molecule has 0 saturated carbocycles. The van der Waals surface area contributed by atoms with Crippen molar-refractivity contribution >= 4 is 82.3 Å². The minimum Gasteiger partial charge on any atom is -0.494 e. The smallest absolute Gasteiger partial charge is 0.317 e. The number of unbranched alkanes of at least 4 members (excludes halogenated alkanes) is 2. The number of carbonyl (C=O) groups is 10. The summed E-state index contributed by atoms with van der Waals surface area (Å²) in [5, 5.41) is 40.5. The van der Waals surface area contributed by atoms with Crippen molar-refractivity contribution in [3.63, 3.8) is 0 Å². The number of piperidine rings is 1. The number of hydrogen-bond acceptors (Lipinski definition) is 19. The van der Waals surface area contributed by atoms with Crippen LogP contribution in [-0.4, -0.2) is 277 Å². The van der Waals surface area contributed by atoms with Crippen molar-refractivity contribution in [2.45, 2.75) is 121 Å². The zero-order valence-corrected chi connectivity index (χ0v) is 56.0. The number of carboxylic acid groups (broad SMARTS) is 3. The van der Waals surface area contributed by atoms with Gasteiger partial charge in [0.15, 0.2) is 0 Å². The van der Waals surface area contributed by atoms with Gasteiger partial charge in [-0.05, 0) is 107 Å². The maximum absolute atomic E-state index is 14.5. The summed E-state index contributed by atoms with van der Waals surface area (Å²) in [5.41, 5.74) is 3.01. The van der Waals surface area contributed by atoms with Crippen LogP contribution in [-0.2, 0) is 54.3 Å². The van der Waals surface area contributed by atoms with Crippen LogP contribution < -0.4 is 26.0 Å². The first-order valence-electron chi connectivity index (χ1n) is 33.1. The van der Waals surface area contributed by atoms with Crippen LogP contribution in [0.1, 0.15) is 105 Å². The number of ether oxygens (including phenoxy) is 2. The fraction of sp³-hybridized carbons (Fsp3) is 0.597. The lowest BCUT2D eigenvalue weighted by Gasteiger charge is -2.35. The van der Waals surface area contributed by atoms with E-state index in [4.69, 9.17) is 9.47 Å². The van der Waals surface area contributed by atoms with E-state index >= 15 is 0 Å². The number of rotatable bonds is 33. The number of nitrogens with zero attached hydrogens (tertiary/aromatic N) is 9. The molecule has 1 aromatic heterocycles. The molecular formula is C67H95F2N13O15. The highest BCUT2D eigenvalue weighted by Crippen LogP contribution is 2.32. The average Bonchev–Trinajstić information content (AvgIpc) is 1.79. The van der Waals surface area contributed by atoms with E-state index in [9.17, 15) is 72.0 Å². The predicted molar refractivity (Wildman–Crippen MR) is 355 cm³/mol. The Morgan fingerprint density at radius 2 is 1.36 bits per heavy atom. The molecule has 3 aliphatic heterocycles. The van der Waals surface area contributed by atoms with Gasteiger partial charge in [-0.3, -0.25) is 82.5 Å². The van der Waals surface area contributed by atoms with Crippen LogP contribution in [0, 0.1) is 12.8 Å². The first kappa shape index (κ1) is 77.4. The number of aliphatic carboxylic acids is 3. The molecule has 3 saturated heterocycles. The lowest BCUT2D eigenvalue weighted by Crippen LogP contribution is -2.56. The fourth-order valence-electron chi connectivity index (χ4n) is 12.0. The molecule has 0 radical (unpaired) electrons. The van der Waals surface area contributed by atoms with Gasteiger partial charge in [0.05, 0.1) is 82.4 Å². The van der Waals surface area contributed by atoms with E-state index in [2.05, 4.69) is 36.2 Å². The van der Waals surface area contributed by atoms with E-state index in [-0.39, 0.29) is 109 Å². The molecule has 6 rings (SSSR count). The minimum absolute atomic E-state index is 0.0640. The highest BCUT2D eigenvalue weighted by Gasteiger charge is 2.46. The number of fused-ring (bicyclic) bond motifs is 1. The lowest BCUT2D eigenvalue weighted by molar-refractivity contribution is -0.147. The summed E-state index contributed by atoms with van der Waals surface area (Å²) < 4.78 is 39.4. The number of pyridine rings is 1. The third-order valence-electron chi connectivity index (χ3n) is 17.3. The molecule has 3 aromatic rings. The molecule has 0 aliphatic carbocycles. The van der Waals surface area contributed by atoms with Crippen LogP contribution in [0.15, 0.2) is 64.7 Å². The van der Waals surface area contributed by atoms with Gasteiger partial charge in [0.25, 0.3) is 11.8 Å². The van der Waals surface area contributed by atoms with Gasteiger partial charge in [-0.1, -0.05) is 36.2 Å². The number of alkyl halides is 2. The summed E-state index contributed by atoms with van der Waals surface area (Å²) in [4.78, 5) is 153. The molecule has 28 nitrogen and oxygen atoms in total. The molecule has 3 aliphatic rings. The Balaban J connectivity index is 1.05. The van der Waals surface area contributed by atoms with Crippen molar-refractivity contribution < 1.29 is 81.5 Å². The van der Waals surface area contributed by atoms with Gasteiger partial charge in [0.2, 0.25) is 29.5 Å². The van der Waals surface area contributed by atoms with Crippen molar-refractivity contribution in [1.82, 2.24) is 55.7 Å². The molecule has 30 heteroatoms. The van der Waals surface area contributed by atoms with E-state index < -0.39 is 103 Å². The second kappa shape index (κ2) is 39.6. The number of esters is 1. The van der Waals surface area contributed by atoms with Crippen molar-refractivity contribution in [2.24, 2.45) is 15.9 Å². The Bertz CT molecular complexity index is 3190. The molecular weight excluding hydrogens is 1260 g/mol. The van der Waals surface area contributed by atoms with Gasteiger partial charge in [-0.25, -0.2) is 8.78 Å². The Morgan fingerprint density at radius 1 is 0.742 bits per heavy atom. The fourth-order valence-corrected chi connectivity index (χ4v) is 12.0. The zero-order chi connectivity index (χ0) is 70.4. The van der Waals surface area contributed by atoms with E-state index in [1.165, 1.54) is 25.5 Å². The number of methoxy groups -OCH3 is 1. The lowest BCUT2D eigenvalue weighted by atomic mass is 9.91. The third kappa shape index (κ3) is 27.4. The normalized spacial score (nSPS) is 17.9. The van der Waals surface area contributed by atoms with Crippen molar-refractivity contribution in [3.05, 3.63) is 71.4 Å². The van der Waals surface area contributed by atoms with Crippen LogP contribution in [0.25, 0.3) is 10.9 Å². The number of nitrogens with one attached hydrogen (secondary N) is 4. The molecule has 4 heterocycles. The van der Waals surface area contributed by atoms with Gasteiger partial charge in [0.1, 0.15) is 17.8 Å². The second-order valence-corrected chi connectivity index (χ2v) is 25.0. The van der Waals surface area contributed by atoms with Gasteiger partial charge >= 0.3 is 23.9 Å². The van der Waals surface area contributed by atoms with Crippen LogP contribution in [0.3, 0.4) is 0 Å². The SMILES string of the molecule is CN=C[C@H]1CC(F)(F)CN1C(=O)CNC(=O)c1ccnc2ccc(OCCCCC3CCN(C(=O)[C@H](CC(=O)OC)NC(=O)[C@H](CCCCN=C(C)NC(=O)CCCc4ccc(C)cc4)NC(=O)CN4CCN(CC(=O)O)CCN(CC(=O)O)CCN(CC(=O)O)CC4)CC3)cc12. The van der Waals surface area contributed by atoms with E-state index in [1.807, 2.05) is 31.2 Å². The highest BCUT2D eigenvalue weighted by molar-refractivity contribution is 6.07. The third-order valence-corrected chi connectivity index (χ3v) is 17.3. The van der Waals surface area contributed by atoms with E-state index in [0.29, 0.717) is 87.1 Å². The second-order valence-electron chi connectivity index (χ2n) is 25.0. The number of likely N-dealkylation sites (tertiary alicyclic amines) is 2. The number of amidine groups is 1. The number of aliphatic imine (C=N–C) groups is 2. The number of amides is 6. The van der Waals surface area contributed by atoms with Crippen molar-refractivity contribution in [3.8, 4) is 5.75 Å². The maximum Gasteiger partial charge on any atom is 0.317 e. The molecule has 2 aromatic carbocycles. The number of hydrogen-bond donors (Lipinski definition) is 7. The molecule has 3 atom stereocenters. The number of carbonyl (C=O) groups excluding carboxylic acids is 7. The van der Waals surface area contributed by atoms with Crippen LogP contribution >= 0.6 is 0 Å². The first-order chi connectivity index (χ1) is 46.4. The molecule has 3 fully saturated rings. The highest BCUT2D eigenvalue weighted by atomic mass is 19.3. The van der Waals surface area contributed by atoms with Crippen LogP contribution in [0.2, 0.25) is 0 Å². The monoisotopic (exact) mass is 1360 g/mol. The van der Waals surface area contributed by atoms with Gasteiger partial charge in [-0.15, -0.1) is 0 Å². The summed E-state index contributed by atoms with van der Waals surface area (Å²) in [7, 11) is 2.60. The predicted octanol–water partition coefficient (Wildman–Crippen LogP) is 2.73. The standard InChI is InChI=1S/C67H95F2N13O15/c1-46-14-16-48(17-15-46)11-9-13-57(83)74-47(2)71-23-7-5-12-55(75-58(84)41-77-27-29-78(42-60(86)87)31-33-80(44-62(90)91)34-32-79(30-28-77)43-61(88)89)65(94)76-56(37-63(92)96-4)66(95)81-25-21-49(22-26-81)10-6-8-35-97-51-18-19-54-53(36-51)52(20-24-72-54)64(93)73-40-59(85)82-45-67(68,69)38-50(82)39-70-3/h14-20,24,36,39,49-50,55-56H,5-13,21-23,25-35,37-38,40-45H2,1-4H3,(H,73,93)(H,75,84)(H,76,94)(H,86,87)(H,88,89)(H,90,91)(H,71,74,83)/t50-,55+,56+/m1/s1. The summed E-state index contributed by atoms with van der Waals surface area (Å²) in [6.07, 6.45) is 7.77. The molecule has 0 unspecified atom stereocenters. The number of carboxylic acids is 3. The van der Waals surface area contributed by atoms with Gasteiger partial charge in [0, 0.05) is 110 Å². The van der Waals surface area contributed by atoms with Gasteiger partial charge in [-0.2, -0.15) is 0 Å². The summed E-state index contributed by atoms with van der Waals surface area (Å²) in [6.45, 7) is 3.56. The summed E-state index contributed by atoms with van der Waals surface area (Å²) >= 11 is 0. The number of aromatic nitrogens is 1. The average molecular weight is 1360 g/mol. The van der Waals surface area contributed by atoms with E-state index in [0.717, 1.165) is 42.4 Å². The minimum atomic E-state index is -3.07. The molecule has 97 heavy (non-hydrogen) atoms. The molecule has 6 amide bonds. The number of aryl methyl sites for hydroxylation is 2. The molecule has 532 valence electrons. The Hall–Kier alpha value is -8.61. The van der Waals surface area contributed by atoms with Crippen molar-refractivity contribution in [1.29, 1.82) is 0 Å². The van der Waals surface area contributed by atoms with Crippen LogP contribution in [0.5, 0.6) is 5.75 Å². The summed E-state index contributed by atoms with van der Waals surface area (Å²) in [6, 6.07) is 11.3. The first-order valence-corrected chi connectivity index (χ1v) is 33.1. The molecule has 0 bridgehead atoms. The maximum atomic E-state index is 14.5. The quantitative estimate of drug-likeness (QED) is 0.0199. The molecule has 7 N–H and O–H groups in total. The molecule has 0 spiro atoms. The van der Waals surface area contributed by atoms with Crippen molar-refractivity contribution in [2.75, 3.05) is 132 Å². The number of benzene rings is 2. The Labute approximate surface area is 563 Å². The summed E-state index contributed by atoms with van der Waals surface area (Å²) in [5.74, 6) is -9.30. The topological polar surface area (TPSA) is 355 Å². The number of halogens is 2. The Morgan fingerprint density at radius 3 is 1.96 bits per heavy atom. The van der Waals surface area contributed by atoms with E-state index in [1.54, 1.807) is 49.6 Å². The van der Waals surface area contributed by atoms with Crippen LogP contribution in [0.4, 0.5) is 8.78 Å². The van der Waals surface area contributed by atoms with Gasteiger partial charge < -0.3 is 55.9 Å². The largest absolute Gasteiger partial charge is 0.494 e. The Kier molecular flexibility index (Phi) is 31.6.